The van der Waals surface area contributed by atoms with Gasteiger partial charge in [0, 0.05) is 26.3 Å². The predicted molar refractivity (Wildman–Crippen MR) is 86.9 cm³/mol. The largest absolute Gasteiger partial charge is 0.463 e. The third kappa shape index (κ3) is 4.75. The van der Waals surface area contributed by atoms with E-state index in [0.29, 0.717) is 17.0 Å². The van der Waals surface area contributed by atoms with E-state index in [2.05, 4.69) is 10.2 Å². The lowest BCUT2D eigenvalue weighted by atomic mass is 10.00. The van der Waals surface area contributed by atoms with Gasteiger partial charge in [0.1, 0.15) is 18.8 Å². The minimum Gasteiger partial charge on any atom is -0.463 e. The summed E-state index contributed by atoms with van der Waals surface area (Å²) in [5, 5.41) is 8.03. The SMILES string of the molecule is CC(=O)OC[C@H]1O[C@@H](c2cc(C)nnc2C)[C@H](OC(C)=O)[C@@H]1OC(C)=O. The Morgan fingerprint density at radius 3 is 2.19 bits per heavy atom. The van der Waals surface area contributed by atoms with Gasteiger partial charge in [-0.2, -0.15) is 10.2 Å². The molecule has 1 aromatic heterocycles. The van der Waals surface area contributed by atoms with Gasteiger partial charge >= 0.3 is 17.9 Å². The lowest BCUT2D eigenvalue weighted by Crippen LogP contribution is -2.40. The van der Waals surface area contributed by atoms with Crippen molar-refractivity contribution < 1.29 is 33.3 Å². The zero-order valence-electron chi connectivity index (χ0n) is 15.3. The number of carbonyl (C=O) groups excluding carboxylic acids is 3. The van der Waals surface area contributed by atoms with Gasteiger partial charge in [0.25, 0.3) is 0 Å². The van der Waals surface area contributed by atoms with Crippen molar-refractivity contribution >= 4 is 17.9 Å². The van der Waals surface area contributed by atoms with Crippen molar-refractivity contribution in [2.75, 3.05) is 6.61 Å². The summed E-state index contributed by atoms with van der Waals surface area (Å²) >= 11 is 0. The third-order valence-electron chi connectivity index (χ3n) is 3.81. The van der Waals surface area contributed by atoms with Gasteiger partial charge < -0.3 is 18.9 Å². The van der Waals surface area contributed by atoms with Crippen molar-refractivity contribution in [3.63, 3.8) is 0 Å². The standard InChI is InChI=1S/C17H22N2O7/c1-8-6-13(9(2)19-18-8)15-17(25-12(5)22)16(24-11(4)21)14(26-15)7-23-10(3)20/h6,14-17H,7H2,1-5H3/t14-,15+,16-,17+/m1/s1. The van der Waals surface area contributed by atoms with Gasteiger partial charge in [-0.3, -0.25) is 14.4 Å². The van der Waals surface area contributed by atoms with Gasteiger partial charge in [0.05, 0.1) is 11.4 Å². The molecule has 0 spiro atoms. The van der Waals surface area contributed by atoms with Crippen LogP contribution in [0.4, 0.5) is 0 Å². The first kappa shape index (κ1) is 19.8. The minimum atomic E-state index is -0.923. The first-order valence-electron chi connectivity index (χ1n) is 8.13. The molecule has 0 unspecified atom stereocenters. The van der Waals surface area contributed by atoms with Gasteiger partial charge in [-0.15, -0.1) is 0 Å². The van der Waals surface area contributed by atoms with E-state index in [4.69, 9.17) is 18.9 Å². The van der Waals surface area contributed by atoms with Crippen LogP contribution in [-0.4, -0.2) is 53.0 Å². The predicted octanol–water partition coefficient (Wildman–Crippen LogP) is 0.960. The molecular formula is C17H22N2O7. The normalized spacial score (nSPS) is 24.8. The number of carbonyl (C=O) groups is 3. The first-order chi connectivity index (χ1) is 12.2. The summed E-state index contributed by atoms with van der Waals surface area (Å²) in [5.74, 6) is -1.62. The van der Waals surface area contributed by atoms with Crippen molar-refractivity contribution in [2.45, 2.75) is 59.0 Å². The zero-order valence-corrected chi connectivity index (χ0v) is 15.3. The molecule has 1 fully saturated rings. The molecule has 4 atom stereocenters. The van der Waals surface area contributed by atoms with Gasteiger partial charge in [0.15, 0.2) is 12.2 Å². The fourth-order valence-corrected chi connectivity index (χ4v) is 2.82. The molecule has 0 radical (unpaired) electrons. The summed E-state index contributed by atoms with van der Waals surface area (Å²) in [7, 11) is 0. The van der Waals surface area contributed by atoms with E-state index in [1.807, 2.05) is 0 Å². The van der Waals surface area contributed by atoms with Crippen molar-refractivity contribution in [1.29, 1.82) is 0 Å². The number of aryl methyl sites for hydroxylation is 2. The van der Waals surface area contributed by atoms with Crippen molar-refractivity contribution in [3.05, 3.63) is 23.0 Å². The van der Waals surface area contributed by atoms with E-state index in [0.717, 1.165) is 0 Å². The summed E-state index contributed by atoms with van der Waals surface area (Å²) < 4.78 is 21.7. The maximum atomic E-state index is 11.6. The van der Waals surface area contributed by atoms with Crippen LogP contribution in [0, 0.1) is 13.8 Å². The Labute approximate surface area is 151 Å². The fraction of sp³-hybridized carbons (Fsp3) is 0.588. The van der Waals surface area contributed by atoms with Crippen LogP contribution in [0.3, 0.4) is 0 Å². The molecule has 26 heavy (non-hydrogen) atoms. The van der Waals surface area contributed by atoms with Crippen LogP contribution >= 0.6 is 0 Å². The van der Waals surface area contributed by atoms with Crippen LogP contribution in [0.5, 0.6) is 0 Å². The summed E-state index contributed by atoms with van der Waals surface area (Å²) in [6, 6.07) is 1.77. The minimum absolute atomic E-state index is 0.141. The molecule has 1 aromatic rings. The molecular weight excluding hydrogens is 344 g/mol. The highest BCUT2D eigenvalue weighted by molar-refractivity contribution is 5.68. The van der Waals surface area contributed by atoms with Crippen molar-refractivity contribution in [3.8, 4) is 0 Å². The molecule has 2 rings (SSSR count). The lowest BCUT2D eigenvalue weighted by Gasteiger charge is -2.23. The maximum absolute atomic E-state index is 11.6. The number of aromatic nitrogens is 2. The van der Waals surface area contributed by atoms with Crippen molar-refractivity contribution in [2.24, 2.45) is 0 Å². The Kier molecular flexibility index (Phi) is 6.25. The number of hydrogen-bond acceptors (Lipinski definition) is 9. The summed E-state index contributed by atoms with van der Waals surface area (Å²) in [4.78, 5) is 34.3. The van der Waals surface area contributed by atoms with Gasteiger partial charge in [-0.25, -0.2) is 0 Å². The van der Waals surface area contributed by atoms with Crippen LogP contribution in [0.2, 0.25) is 0 Å². The number of rotatable bonds is 5. The molecule has 9 heteroatoms. The monoisotopic (exact) mass is 366 g/mol. The smallest absolute Gasteiger partial charge is 0.303 e. The van der Waals surface area contributed by atoms with Crippen LogP contribution in [0.25, 0.3) is 0 Å². The van der Waals surface area contributed by atoms with Crippen LogP contribution < -0.4 is 0 Å². The third-order valence-corrected chi connectivity index (χ3v) is 3.81. The van der Waals surface area contributed by atoms with Crippen molar-refractivity contribution in [1.82, 2.24) is 10.2 Å². The number of hydrogen-bond donors (Lipinski definition) is 0. The number of nitrogens with zero attached hydrogens (tertiary/aromatic N) is 2. The summed E-state index contributed by atoms with van der Waals surface area (Å²) in [6.45, 7) is 7.13. The molecule has 0 aliphatic carbocycles. The second kappa shape index (κ2) is 8.22. The van der Waals surface area contributed by atoms with E-state index < -0.39 is 42.3 Å². The number of esters is 3. The highest BCUT2D eigenvalue weighted by Crippen LogP contribution is 2.38. The molecule has 142 valence electrons. The molecule has 0 bridgehead atoms. The van der Waals surface area contributed by atoms with E-state index in [9.17, 15) is 14.4 Å². The molecule has 0 saturated carbocycles. The maximum Gasteiger partial charge on any atom is 0.303 e. The Bertz CT molecular complexity index is 706. The Morgan fingerprint density at radius 1 is 1.00 bits per heavy atom. The van der Waals surface area contributed by atoms with Crippen LogP contribution in [-0.2, 0) is 33.3 Å². The molecule has 2 heterocycles. The van der Waals surface area contributed by atoms with Gasteiger partial charge in [-0.05, 0) is 19.9 Å². The Morgan fingerprint density at radius 2 is 1.62 bits per heavy atom. The Hall–Kier alpha value is -2.55. The average Bonchev–Trinajstić information content (AvgIpc) is 2.84. The average molecular weight is 366 g/mol. The van der Waals surface area contributed by atoms with E-state index in [1.165, 1.54) is 20.8 Å². The summed E-state index contributed by atoms with van der Waals surface area (Å²) in [6.07, 6.45) is -3.35. The van der Waals surface area contributed by atoms with E-state index in [1.54, 1.807) is 19.9 Å². The highest BCUT2D eigenvalue weighted by Gasteiger charge is 2.50. The first-order valence-corrected chi connectivity index (χ1v) is 8.13. The lowest BCUT2D eigenvalue weighted by molar-refractivity contribution is -0.165. The quantitative estimate of drug-likeness (QED) is 0.555. The molecule has 9 nitrogen and oxygen atoms in total. The van der Waals surface area contributed by atoms with E-state index in [-0.39, 0.29) is 6.61 Å². The summed E-state index contributed by atoms with van der Waals surface area (Å²) in [5.41, 5.74) is 1.90. The highest BCUT2D eigenvalue weighted by atomic mass is 16.6. The molecule has 0 amide bonds. The van der Waals surface area contributed by atoms with Crippen LogP contribution in [0.15, 0.2) is 6.07 Å². The number of ether oxygens (including phenoxy) is 4. The van der Waals surface area contributed by atoms with Crippen LogP contribution in [0.1, 0.15) is 43.8 Å². The Balaban J connectivity index is 2.40. The fourth-order valence-electron chi connectivity index (χ4n) is 2.82. The molecule has 0 N–H and O–H groups in total. The second-order valence-electron chi connectivity index (χ2n) is 6.07. The van der Waals surface area contributed by atoms with Gasteiger partial charge in [0.2, 0.25) is 0 Å². The molecule has 1 saturated heterocycles. The molecule has 0 aromatic carbocycles. The topological polar surface area (TPSA) is 114 Å². The van der Waals surface area contributed by atoms with Gasteiger partial charge in [-0.1, -0.05) is 0 Å². The second-order valence-corrected chi connectivity index (χ2v) is 6.07. The zero-order chi connectivity index (χ0) is 19.4. The molecule has 1 aliphatic heterocycles. The molecule has 1 aliphatic rings. The van der Waals surface area contributed by atoms with E-state index >= 15 is 0 Å².